The molecule has 1 aromatic heterocycles. The maximum Gasteiger partial charge on any atom is 0.251 e. The minimum Gasteiger partial charge on any atom is -0.456 e. The van der Waals surface area contributed by atoms with Crippen molar-refractivity contribution in [3.8, 4) is 11.5 Å². The Hall–Kier alpha value is -2.40. The fourth-order valence-corrected chi connectivity index (χ4v) is 2.80. The number of amides is 1. The zero-order chi connectivity index (χ0) is 16.1. The van der Waals surface area contributed by atoms with Gasteiger partial charge in [-0.3, -0.25) is 9.78 Å². The number of pyridine rings is 1. The largest absolute Gasteiger partial charge is 0.456 e. The van der Waals surface area contributed by atoms with Gasteiger partial charge in [0.25, 0.3) is 5.91 Å². The summed E-state index contributed by atoms with van der Waals surface area (Å²) in [5.74, 6) is 1.35. The summed E-state index contributed by atoms with van der Waals surface area (Å²) < 4.78 is 5.64. The third-order valence-corrected chi connectivity index (χ3v) is 4.13. The predicted molar refractivity (Wildman–Crippen MR) is 86.4 cm³/mol. The van der Waals surface area contributed by atoms with Crippen molar-refractivity contribution in [3.05, 3.63) is 54.4 Å². The number of aliphatic hydroxyl groups is 1. The molecule has 2 N–H and O–H groups in total. The van der Waals surface area contributed by atoms with E-state index >= 15 is 0 Å². The van der Waals surface area contributed by atoms with Gasteiger partial charge in [0.05, 0.1) is 12.3 Å². The summed E-state index contributed by atoms with van der Waals surface area (Å²) in [6, 6.07) is 10.6. The third-order valence-electron chi connectivity index (χ3n) is 4.13. The Bertz CT molecular complexity index is 643. The highest BCUT2D eigenvalue weighted by Crippen LogP contribution is 2.25. The zero-order valence-electron chi connectivity index (χ0n) is 12.8. The first-order chi connectivity index (χ1) is 11.2. The Morgan fingerprint density at radius 2 is 2.04 bits per heavy atom. The van der Waals surface area contributed by atoms with Gasteiger partial charge in [-0.2, -0.15) is 0 Å². The highest BCUT2D eigenvalue weighted by molar-refractivity contribution is 5.94. The van der Waals surface area contributed by atoms with Crippen LogP contribution in [0.5, 0.6) is 11.5 Å². The number of rotatable bonds is 5. The van der Waals surface area contributed by atoms with Crippen LogP contribution in [-0.2, 0) is 0 Å². The van der Waals surface area contributed by atoms with E-state index in [1.54, 1.807) is 42.7 Å². The lowest BCUT2D eigenvalue weighted by Crippen LogP contribution is -2.32. The first-order valence-corrected chi connectivity index (χ1v) is 7.86. The molecule has 1 fully saturated rings. The molecule has 23 heavy (non-hydrogen) atoms. The van der Waals surface area contributed by atoms with Crippen molar-refractivity contribution in [2.75, 3.05) is 6.54 Å². The molecule has 0 bridgehead atoms. The Morgan fingerprint density at radius 3 is 2.70 bits per heavy atom. The van der Waals surface area contributed by atoms with Crippen LogP contribution in [0, 0.1) is 5.92 Å². The fourth-order valence-electron chi connectivity index (χ4n) is 2.80. The van der Waals surface area contributed by atoms with E-state index in [4.69, 9.17) is 4.74 Å². The van der Waals surface area contributed by atoms with Crippen molar-refractivity contribution in [3.63, 3.8) is 0 Å². The van der Waals surface area contributed by atoms with E-state index in [-0.39, 0.29) is 17.9 Å². The van der Waals surface area contributed by atoms with Crippen molar-refractivity contribution in [2.45, 2.75) is 25.4 Å². The van der Waals surface area contributed by atoms with E-state index < -0.39 is 0 Å². The van der Waals surface area contributed by atoms with Gasteiger partial charge in [-0.15, -0.1) is 0 Å². The third kappa shape index (κ3) is 4.07. The molecule has 1 heterocycles. The molecule has 1 saturated carbocycles. The van der Waals surface area contributed by atoms with Crippen LogP contribution in [0.2, 0.25) is 0 Å². The van der Waals surface area contributed by atoms with Crippen molar-refractivity contribution < 1.29 is 14.6 Å². The Labute approximate surface area is 135 Å². The molecule has 3 rings (SSSR count). The molecule has 0 saturated heterocycles. The molecule has 120 valence electrons. The summed E-state index contributed by atoms with van der Waals surface area (Å²) in [5, 5.41) is 12.7. The number of carbonyl (C=O) groups is 1. The summed E-state index contributed by atoms with van der Waals surface area (Å²) in [6.07, 6.45) is 5.86. The average molecular weight is 312 g/mol. The Kier molecular flexibility index (Phi) is 4.88. The second kappa shape index (κ2) is 7.24. The predicted octanol–water partition coefficient (Wildman–Crippen LogP) is 2.76. The van der Waals surface area contributed by atoms with E-state index in [9.17, 15) is 9.90 Å². The smallest absolute Gasteiger partial charge is 0.251 e. The molecule has 2 aromatic rings. The molecule has 1 amide bonds. The van der Waals surface area contributed by atoms with Gasteiger partial charge < -0.3 is 15.2 Å². The number of hydrogen-bond acceptors (Lipinski definition) is 4. The van der Waals surface area contributed by atoms with Crippen LogP contribution in [0.15, 0.2) is 48.8 Å². The lowest BCUT2D eigenvalue weighted by atomic mass is 10.1. The quantitative estimate of drug-likeness (QED) is 0.890. The van der Waals surface area contributed by atoms with Crippen LogP contribution in [0.1, 0.15) is 29.6 Å². The first kappa shape index (κ1) is 15.5. The number of nitrogens with zero attached hydrogens (tertiary/aromatic N) is 1. The maximum atomic E-state index is 12.1. The van der Waals surface area contributed by atoms with Gasteiger partial charge in [0.1, 0.15) is 11.5 Å². The van der Waals surface area contributed by atoms with E-state index in [0.717, 1.165) is 19.3 Å². The minimum atomic E-state index is -0.287. The molecule has 1 aliphatic rings. The molecule has 1 aliphatic carbocycles. The molecule has 0 radical (unpaired) electrons. The average Bonchev–Trinajstić information content (AvgIpc) is 2.99. The van der Waals surface area contributed by atoms with E-state index in [1.807, 2.05) is 6.07 Å². The normalized spacial score (nSPS) is 20.2. The molecule has 5 heteroatoms. The summed E-state index contributed by atoms with van der Waals surface area (Å²) in [6.45, 7) is 0.522. The highest BCUT2D eigenvalue weighted by Gasteiger charge is 2.25. The molecule has 2 unspecified atom stereocenters. The molecular formula is C18H20N2O3. The van der Waals surface area contributed by atoms with Gasteiger partial charge in [-0.1, -0.05) is 6.42 Å². The van der Waals surface area contributed by atoms with Crippen LogP contribution in [0.25, 0.3) is 0 Å². The highest BCUT2D eigenvalue weighted by atomic mass is 16.5. The number of hydrogen-bond donors (Lipinski definition) is 2. The van der Waals surface area contributed by atoms with Crippen LogP contribution in [0.4, 0.5) is 0 Å². The number of aliphatic hydroxyl groups excluding tert-OH is 1. The number of nitrogens with one attached hydrogen (secondary N) is 1. The van der Waals surface area contributed by atoms with E-state index in [2.05, 4.69) is 10.3 Å². The second-order valence-corrected chi connectivity index (χ2v) is 5.78. The molecule has 1 aromatic carbocycles. The van der Waals surface area contributed by atoms with Crippen LogP contribution in [-0.4, -0.2) is 28.6 Å². The number of ether oxygens (including phenoxy) is 1. The molecular weight excluding hydrogens is 292 g/mol. The molecule has 2 atom stereocenters. The minimum absolute atomic E-state index is 0.128. The van der Waals surface area contributed by atoms with E-state index in [1.165, 1.54) is 0 Å². The molecule has 0 aliphatic heterocycles. The van der Waals surface area contributed by atoms with Crippen molar-refractivity contribution in [1.82, 2.24) is 10.3 Å². The van der Waals surface area contributed by atoms with Crippen LogP contribution >= 0.6 is 0 Å². The van der Waals surface area contributed by atoms with Gasteiger partial charge in [-0.05, 0) is 49.2 Å². The number of aromatic nitrogens is 1. The summed E-state index contributed by atoms with van der Waals surface area (Å²) in [4.78, 5) is 16.1. The van der Waals surface area contributed by atoms with Crippen LogP contribution < -0.4 is 10.1 Å². The number of carbonyl (C=O) groups excluding carboxylic acids is 1. The van der Waals surface area contributed by atoms with Gasteiger partial charge in [0.15, 0.2) is 0 Å². The Morgan fingerprint density at radius 1 is 1.22 bits per heavy atom. The van der Waals surface area contributed by atoms with Gasteiger partial charge in [0.2, 0.25) is 0 Å². The van der Waals surface area contributed by atoms with Crippen molar-refractivity contribution in [1.29, 1.82) is 0 Å². The fraction of sp³-hybridized carbons (Fsp3) is 0.333. The topological polar surface area (TPSA) is 71.5 Å². The van der Waals surface area contributed by atoms with Crippen molar-refractivity contribution in [2.24, 2.45) is 5.92 Å². The van der Waals surface area contributed by atoms with Gasteiger partial charge in [0, 0.05) is 24.2 Å². The lowest BCUT2D eigenvalue weighted by Gasteiger charge is -2.15. The maximum absolute atomic E-state index is 12.1. The first-order valence-electron chi connectivity index (χ1n) is 7.86. The molecule has 0 spiro atoms. The van der Waals surface area contributed by atoms with Gasteiger partial charge >= 0.3 is 0 Å². The van der Waals surface area contributed by atoms with Crippen molar-refractivity contribution >= 4 is 5.91 Å². The van der Waals surface area contributed by atoms with E-state index in [0.29, 0.717) is 23.6 Å². The summed E-state index contributed by atoms with van der Waals surface area (Å²) in [5.41, 5.74) is 0.580. The zero-order valence-corrected chi connectivity index (χ0v) is 12.8. The summed E-state index contributed by atoms with van der Waals surface area (Å²) >= 11 is 0. The van der Waals surface area contributed by atoms with Gasteiger partial charge in [-0.25, -0.2) is 0 Å². The Balaban J connectivity index is 1.55. The summed E-state index contributed by atoms with van der Waals surface area (Å²) in [7, 11) is 0. The van der Waals surface area contributed by atoms with Crippen LogP contribution in [0.3, 0.4) is 0 Å². The lowest BCUT2D eigenvalue weighted by molar-refractivity contribution is 0.0917. The SMILES string of the molecule is O=C(NCC1CCCC1O)c1ccc(Oc2cccnc2)cc1. The molecule has 5 nitrogen and oxygen atoms in total. The standard InChI is InChI=1S/C18H20N2O3/c21-17-5-1-3-14(17)11-20-18(22)13-6-8-15(9-7-13)23-16-4-2-10-19-12-16/h2,4,6-10,12,14,17,21H,1,3,5,11H2,(H,20,22). The monoisotopic (exact) mass is 312 g/mol. The number of benzene rings is 1. The second-order valence-electron chi connectivity index (χ2n) is 5.78.